The molecule has 4 nitrogen and oxygen atoms in total. The Kier molecular flexibility index (Phi) is 6.28. The zero-order chi connectivity index (χ0) is 7.61. The van der Waals surface area contributed by atoms with Crippen LogP contribution in [0.1, 0.15) is 0 Å². The van der Waals surface area contributed by atoms with Gasteiger partial charge in [-0.15, -0.1) is 24.8 Å². The van der Waals surface area contributed by atoms with Crippen molar-refractivity contribution in [2.45, 2.75) is 5.03 Å². The van der Waals surface area contributed by atoms with Gasteiger partial charge < -0.3 is 0 Å². The first kappa shape index (κ1) is 14.2. The normalized spacial score (nSPS) is 9.42. The topological polar surface area (TPSA) is 67.3 Å². The van der Waals surface area contributed by atoms with Gasteiger partial charge in [0, 0.05) is 6.20 Å². The van der Waals surface area contributed by atoms with E-state index in [-0.39, 0.29) is 29.8 Å². The van der Waals surface area contributed by atoms with Crippen molar-refractivity contribution in [2.24, 2.45) is 0 Å². The third kappa shape index (κ3) is 3.87. The van der Waals surface area contributed by atoms with E-state index in [4.69, 9.17) is 4.55 Å². The van der Waals surface area contributed by atoms with Crippen molar-refractivity contribution in [3.63, 3.8) is 0 Å². The van der Waals surface area contributed by atoms with Crippen LogP contribution in [-0.4, -0.2) is 18.0 Å². The van der Waals surface area contributed by atoms with E-state index in [1.54, 1.807) is 6.07 Å². The van der Waals surface area contributed by atoms with Gasteiger partial charge in [0.2, 0.25) is 0 Å². The van der Waals surface area contributed by atoms with Crippen molar-refractivity contribution in [2.75, 3.05) is 0 Å². The summed E-state index contributed by atoms with van der Waals surface area (Å²) in [6.45, 7) is 0. The van der Waals surface area contributed by atoms with Gasteiger partial charge >= 0.3 is 10.1 Å². The van der Waals surface area contributed by atoms with E-state index >= 15 is 0 Å². The van der Waals surface area contributed by atoms with Crippen LogP contribution in [-0.2, 0) is 10.1 Å². The number of pyridine rings is 1. The number of aromatic nitrogens is 1. The maximum absolute atomic E-state index is 10.3. The third-order valence-electron chi connectivity index (χ3n) is 0.902. The number of hydrogen-bond acceptors (Lipinski definition) is 3. The third-order valence-corrected chi connectivity index (χ3v) is 1.67. The smallest absolute Gasteiger partial charge is 0.281 e. The summed E-state index contributed by atoms with van der Waals surface area (Å²) in [6, 6.07) is 4.26. The molecule has 0 fully saturated rings. The highest BCUT2D eigenvalue weighted by Crippen LogP contribution is 2.00. The lowest BCUT2D eigenvalue weighted by molar-refractivity contribution is 0.479. The zero-order valence-electron chi connectivity index (χ0n) is 5.75. The van der Waals surface area contributed by atoms with Crippen LogP contribution in [0.15, 0.2) is 29.4 Å². The lowest BCUT2D eigenvalue weighted by Crippen LogP contribution is -1.99. The fourth-order valence-corrected chi connectivity index (χ4v) is 0.944. The summed E-state index contributed by atoms with van der Waals surface area (Å²) in [6.07, 6.45) is 1.29. The van der Waals surface area contributed by atoms with Gasteiger partial charge in [-0.3, -0.25) is 4.55 Å². The van der Waals surface area contributed by atoms with Crippen molar-refractivity contribution in [1.82, 2.24) is 4.98 Å². The molecule has 0 amide bonds. The molecule has 1 aromatic rings. The van der Waals surface area contributed by atoms with E-state index in [1.165, 1.54) is 18.3 Å². The highest BCUT2D eigenvalue weighted by Gasteiger charge is 2.07. The Labute approximate surface area is 82.6 Å². The first-order valence-electron chi connectivity index (χ1n) is 2.49. The van der Waals surface area contributed by atoms with Gasteiger partial charge in [-0.2, -0.15) is 8.42 Å². The summed E-state index contributed by atoms with van der Waals surface area (Å²) in [5.74, 6) is 0. The maximum atomic E-state index is 10.3. The molecule has 0 aliphatic rings. The summed E-state index contributed by atoms with van der Waals surface area (Å²) in [4.78, 5) is 3.41. The Hall–Kier alpha value is -0.360. The molecule has 0 aliphatic carbocycles. The van der Waals surface area contributed by atoms with E-state index in [0.29, 0.717) is 0 Å². The first-order chi connectivity index (χ1) is 4.61. The summed E-state index contributed by atoms with van der Waals surface area (Å²) in [5.41, 5.74) is 0. The molecule has 70 valence electrons. The predicted molar refractivity (Wildman–Crippen MR) is 48.5 cm³/mol. The van der Waals surface area contributed by atoms with E-state index in [9.17, 15) is 8.42 Å². The van der Waals surface area contributed by atoms with E-state index in [0.717, 1.165) is 0 Å². The number of rotatable bonds is 1. The average Bonchev–Trinajstić information content (AvgIpc) is 1.88. The monoisotopic (exact) mass is 231 g/mol. The number of hydrogen-bond donors (Lipinski definition) is 1. The fraction of sp³-hybridized carbons (Fsp3) is 0. The van der Waals surface area contributed by atoms with E-state index in [1.807, 2.05) is 0 Å². The van der Waals surface area contributed by atoms with Crippen LogP contribution < -0.4 is 0 Å². The Morgan fingerprint density at radius 3 is 2.08 bits per heavy atom. The van der Waals surface area contributed by atoms with Gasteiger partial charge in [0.1, 0.15) is 0 Å². The van der Waals surface area contributed by atoms with Crippen LogP contribution in [0.5, 0.6) is 0 Å². The second-order valence-corrected chi connectivity index (χ2v) is 3.01. The van der Waals surface area contributed by atoms with Gasteiger partial charge in [-0.1, -0.05) is 6.07 Å². The average molecular weight is 232 g/mol. The quantitative estimate of drug-likeness (QED) is 0.738. The fourth-order valence-electron chi connectivity index (χ4n) is 0.500. The molecule has 12 heavy (non-hydrogen) atoms. The predicted octanol–water partition coefficient (Wildman–Crippen LogP) is 1.17. The van der Waals surface area contributed by atoms with Crippen molar-refractivity contribution in [3.8, 4) is 0 Å². The standard InChI is InChI=1S/C5H5NO3S.2ClH/c7-10(8,9)5-3-1-2-4-6-5;;/h1-4H,(H,7,8,9);2*1H. The van der Waals surface area contributed by atoms with Gasteiger partial charge in [-0.05, 0) is 12.1 Å². The summed E-state index contributed by atoms with van der Waals surface area (Å²) < 4.78 is 29.1. The molecule has 0 unspecified atom stereocenters. The summed E-state index contributed by atoms with van der Waals surface area (Å²) in [7, 11) is -4.11. The number of nitrogens with zero attached hydrogens (tertiary/aromatic N) is 1. The highest BCUT2D eigenvalue weighted by molar-refractivity contribution is 7.85. The zero-order valence-corrected chi connectivity index (χ0v) is 8.19. The van der Waals surface area contributed by atoms with Crippen molar-refractivity contribution in [3.05, 3.63) is 24.4 Å². The molecule has 0 atom stereocenters. The SMILES string of the molecule is Cl.Cl.O=S(=O)(O)c1ccccn1. The van der Waals surface area contributed by atoms with Gasteiger partial charge in [0.05, 0.1) is 0 Å². The van der Waals surface area contributed by atoms with Crippen LogP contribution in [0.2, 0.25) is 0 Å². The molecule has 1 heterocycles. The molecule has 0 aliphatic heterocycles. The van der Waals surface area contributed by atoms with E-state index in [2.05, 4.69) is 4.98 Å². The van der Waals surface area contributed by atoms with Crippen LogP contribution in [0.25, 0.3) is 0 Å². The number of halogens is 2. The van der Waals surface area contributed by atoms with Crippen LogP contribution in [0.4, 0.5) is 0 Å². The van der Waals surface area contributed by atoms with Crippen LogP contribution >= 0.6 is 24.8 Å². The Morgan fingerprint density at radius 2 is 1.83 bits per heavy atom. The van der Waals surface area contributed by atoms with Gasteiger partial charge in [0.15, 0.2) is 5.03 Å². The highest BCUT2D eigenvalue weighted by atomic mass is 35.5. The van der Waals surface area contributed by atoms with Crippen molar-refractivity contribution in [1.29, 1.82) is 0 Å². The minimum absolute atomic E-state index is 0. The van der Waals surface area contributed by atoms with Crippen molar-refractivity contribution >= 4 is 34.9 Å². The minimum atomic E-state index is -4.11. The molecule has 7 heteroatoms. The molecular formula is C5H7Cl2NO3S. The summed E-state index contributed by atoms with van der Waals surface area (Å²) in [5, 5.41) is -0.324. The molecule has 1 aromatic heterocycles. The first-order valence-corrected chi connectivity index (χ1v) is 3.93. The lowest BCUT2D eigenvalue weighted by atomic mass is 10.5. The molecule has 0 bridgehead atoms. The minimum Gasteiger partial charge on any atom is -0.281 e. The van der Waals surface area contributed by atoms with E-state index < -0.39 is 10.1 Å². The van der Waals surface area contributed by atoms with Crippen LogP contribution in [0, 0.1) is 0 Å². The lowest BCUT2D eigenvalue weighted by Gasteiger charge is -1.91. The molecule has 0 saturated carbocycles. The molecule has 0 radical (unpaired) electrons. The maximum Gasteiger partial charge on any atom is 0.312 e. The molecule has 0 spiro atoms. The van der Waals surface area contributed by atoms with Crippen molar-refractivity contribution < 1.29 is 13.0 Å². The molecule has 1 N–H and O–H groups in total. The van der Waals surface area contributed by atoms with Crippen LogP contribution in [0.3, 0.4) is 0 Å². The molecule has 0 saturated heterocycles. The largest absolute Gasteiger partial charge is 0.312 e. The van der Waals surface area contributed by atoms with Gasteiger partial charge in [-0.25, -0.2) is 4.98 Å². The Balaban J connectivity index is 0. The molecule has 0 aromatic carbocycles. The second-order valence-electron chi connectivity index (χ2n) is 1.64. The van der Waals surface area contributed by atoms with Gasteiger partial charge in [0.25, 0.3) is 0 Å². The Morgan fingerprint density at radius 1 is 1.25 bits per heavy atom. The molecule has 1 rings (SSSR count). The summed E-state index contributed by atoms with van der Waals surface area (Å²) >= 11 is 0. The molecular weight excluding hydrogens is 225 g/mol. The second kappa shape index (κ2) is 5.31. The Bertz CT molecular complexity index is 313.